The fourth-order valence-corrected chi connectivity index (χ4v) is 3.70. The van der Waals surface area contributed by atoms with Gasteiger partial charge < -0.3 is 5.73 Å². The summed E-state index contributed by atoms with van der Waals surface area (Å²) in [6.07, 6.45) is 7.44. The Labute approximate surface area is 112 Å². The molecule has 16 heavy (non-hydrogen) atoms. The normalized spacial score (nSPS) is 10.8. The van der Waals surface area contributed by atoms with Crippen LogP contribution in [0.15, 0.2) is 21.9 Å². The maximum absolute atomic E-state index is 6.27. The molecule has 0 spiro atoms. The predicted octanol–water partition coefficient (Wildman–Crippen LogP) is 4.07. The molecule has 0 saturated carbocycles. The van der Waals surface area contributed by atoms with Crippen LogP contribution >= 0.6 is 35.1 Å². The summed E-state index contributed by atoms with van der Waals surface area (Å²) in [4.78, 5) is 2.47. The van der Waals surface area contributed by atoms with E-state index in [1.807, 2.05) is 0 Å². The molecule has 0 atom stereocenters. The van der Waals surface area contributed by atoms with E-state index in [0.717, 1.165) is 30.8 Å². The zero-order valence-electron chi connectivity index (χ0n) is 9.75. The summed E-state index contributed by atoms with van der Waals surface area (Å²) in [5.41, 5.74) is 6.81. The molecule has 0 aliphatic carbocycles. The molecule has 1 nitrogen and oxygen atoms in total. The smallest absolute Gasteiger partial charge is 0.0555 e. The largest absolute Gasteiger partial charge is 0.330 e. The highest BCUT2D eigenvalue weighted by Crippen LogP contribution is 2.35. The van der Waals surface area contributed by atoms with Gasteiger partial charge in [-0.2, -0.15) is 0 Å². The summed E-state index contributed by atoms with van der Waals surface area (Å²) in [6, 6.07) is 4.34. The van der Waals surface area contributed by atoms with Crippen molar-refractivity contribution >= 4 is 35.1 Å². The standard InChI is InChI=1S/C12H18ClNS2/c1-15-11-8-9(5-3-4-6-14)7-10(13)12(11)16-2/h7-8H,3-6,14H2,1-2H3. The number of benzene rings is 1. The third-order valence-electron chi connectivity index (χ3n) is 2.41. The molecule has 0 radical (unpaired) electrons. The topological polar surface area (TPSA) is 26.0 Å². The van der Waals surface area contributed by atoms with Crippen molar-refractivity contribution in [3.05, 3.63) is 22.7 Å². The highest BCUT2D eigenvalue weighted by atomic mass is 35.5. The van der Waals surface area contributed by atoms with Crippen LogP contribution in [0.5, 0.6) is 0 Å². The quantitative estimate of drug-likeness (QED) is 0.626. The lowest BCUT2D eigenvalue weighted by Gasteiger charge is -2.10. The summed E-state index contributed by atoms with van der Waals surface area (Å²) in [5.74, 6) is 0. The molecule has 0 saturated heterocycles. The van der Waals surface area contributed by atoms with Gasteiger partial charge in [0.15, 0.2) is 0 Å². The van der Waals surface area contributed by atoms with Crippen molar-refractivity contribution in [3.8, 4) is 0 Å². The summed E-state index contributed by atoms with van der Waals surface area (Å²) in [5, 5.41) is 0.877. The van der Waals surface area contributed by atoms with Gasteiger partial charge in [-0.15, -0.1) is 23.5 Å². The maximum atomic E-state index is 6.27. The number of hydrogen-bond donors (Lipinski definition) is 1. The van der Waals surface area contributed by atoms with Crippen molar-refractivity contribution in [1.82, 2.24) is 0 Å². The van der Waals surface area contributed by atoms with E-state index in [1.165, 1.54) is 15.4 Å². The molecule has 1 aromatic carbocycles. The monoisotopic (exact) mass is 275 g/mol. The van der Waals surface area contributed by atoms with Crippen LogP contribution in [-0.2, 0) is 6.42 Å². The second kappa shape index (κ2) is 7.49. The Kier molecular flexibility index (Phi) is 6.66. The van der Waals surface area contributed by atoms with Crippen LogP contribution < -0.4 is 5.73 Å². The fourth-order valence-electron chi connectivity index (χ4n) is 1.59. The van der Waals surface area contributed by atoms with Crippen molar-refractivity contribution in [2.24, 2.45) is 5.73 Å². The molecular formula is C12H18ClNS2. The van der Waals surface area contributed by atoms with Gasteiger partial charge in [-0.1, -0.05) is 11.6 Å². The van der Waals surface area contributed by atoms with Crippen LogP contribution in [0.2, 0.25) is 5.02 Å². The zero-order chi connectivity index (χ0) is 12.0. The number of aryl methyl sites for hydroxylation is 1. The molecule has 0 heterocycles. The summed E-state index contributed by atoms with van der Waals surface area (Å²) < 4.78 is 0. The predicted molar refractivity (Wildman–Crippen MR) is 77.0 cm³/mol. The van der Waals surface area contributed by atoms with E-state index in [-0.39, 0.29) is 0 Å². The Morgan fingerprint density at radius 3 is 2.50 bits per heavy atom. The molecule has 4 heteroatoms. The molecular weight excluding hydrogens is 258 g/mol. The molecule has 0 aromatic heterocycles. The number of hydrogen-bond acceptors (Lipinski definition) is 3. The molecule has 0 aliphatic heterocycles. The summed E-state index contributed by atoms with van der Waals surface area (Å²) in [7, 11) is 0. The number of rotatable bonds is 6. The lowest BCUT2D eigenvalue weighted by atomic mass is 10.1. The minimum atomic E-state index is 0.770. The van der Waals surface area contributed by atoms with Gasteiger partial charge in [0.05, 0.1) is 5.02 Å². The molecule has 0 fully saturated rings. The van der Waals surface area contributed by atoms with Crippen LogP contribution in [0, 0.1) is 0 Å². The first-order chi connectivity index (χ1) is 7.72. The molecule has 1 rings (SSSR count). The van der Waals surface area contributed by atoms with Crippen molar-refractivity contribution in [2.75, 3.05) is 19.1 Å². The van der Waals surface area contributed by atoms with Gasteiger partial charge in [0.1, 0.15) is 0 Å². The Morgan fingerprint density at radius 1 is 1.19 bits per heavy atom. The average Bonchev–Trinajstić information content (AvgIpc) is 2.28. The van der Waals surface area contributed by atoms with Crippen molar-refractivity contribution in [2.45, 2.75) is 29.1 Å². The molecule has 0 aliphatic rings. The Bertz CT molecular complexity index is 342. The number of nitrogens with two attached hydrogens (primary N) is 1. The third kappa shape index (κ3) is 3.88. The van der Waals surface area contributed by atoms with Crippen molar-refractivity contribution < 1.29 is 0 Å². The SMILES string of the molecule is CSc1cc(CCCCN)cc(Cl)c1SC. The molecule has 90 valence electrons. The maximum Gasteiger partial charge on any atom is 0.0555 e. The first-order valence-electron chi connectivity index (χ1n) is 5.33. The van der Waals surface area contributed by atoms with Gasteiger partial charge in [0.2, 0.25) is 0 Å². The first-order valence-corrected chi connectivity index (χ1v) is 8.16. The highest BCUT2D eigenvalue weighted by molar-refractivity contribution is 8.01. The molecule has 1 aromatic rings. The van der Waals surface area contributed by atoms with E-state index < -0.39 is 0 Å². The van der Waals surface area contributed by atoms with Crippen molar-refractivity contribution in [3.63, 3.8) is 0 Å². The first kappa shape index (κ1) is 14.2. The lowest BCUT2D eigenvalue weighted by molar-refractivity contribution is 0.743. The van der Waals surface area contributed by atoms with Gasteiger partial charge >= 0.3 is 0 Å². The van der Waals surface area contributed by atoms with E-state index in [1.54, 1.807) is 23.5 Å². The molecule has 0 bridgehead atoms. The van der Waals surface area contributed by atoms with Crippen LogP contribution in [0.3, 0.4) is 0 Å². The van der Waals surface area contributed by atoms with E-state index in [2.05, 4.69) is 24.6 Å². The van der Waals surface area contributed by atoms with E-state index in [0.29, 0.717) is 0 Å². The van der Waals surface area contributed by atoms with E-state index >= 15 is 0 Å². The minimum absolute atomic E-state index is 0.770. The van der Waals surface area contributed by atoms with Crippen LogP contribution in [0.4, 0.5) is 0 Å². The molecule has 0 amide bonds. The Balaban J connectivity index is 2.83. The summed E-state index contributed by atoms with van der Waals surface area (Å²) >= 11 is 9.74. The highest BCUT2D eigenvalue weighted by Gasteiger charge is 2.08. The van der Waals surface area contributed by atoms with Gasteiger partial charge in [-0.05, 0) is 56.0 Å². The fraction of sp³-hybridized carbons (Fsp3) is 0.500. The molecule has 2 N–H and O–H groups in total. The number of thioether (sulfide) groups is 2. The minimum Gasteiger partial charge on any atom is -0.330 e. The van der Waals surface area contributed by atoms with Crippen molar-refractivity contribution in [1.29, 1.82) is 0 Å². The van der Waals surface area contributed by atoms with Crippen LogP contribution in [-0.4, -0.2) is 19.1 Å². The number of unbranched alkanes of at least 4 members (excludes halogenated alkanes) is 1. The van der Waals surface area contributed by atoms with Crippen LogP contribution in [0.25, 0.3) is 0 Å². The Hall–Kier alpha value is 0.170. The van der Waals surface area contributed by atoms with Gasteiger partial charge in [-0.3, -0.25) is 0 Å². The third-order valence-corrected chi connectivity index (χ3v) is 4.56. The van der Waals surface area contributed by atoms with E-state index in [4.69, 9.17) is 17.3 Å². The second-order valence-electron chi connectivity index (χ2n) is 3.56. The lowest BCUT2D eigenvalue weighted by Crippen LogP contribution is -1.99. The average molecular weight is 276 g/mol. The zero-order valence-corrected chi connectivity index (χ0v) is 12.1. The van der Waals surface area contributed by atoms with Gasteiger partial charge in [-0.25, -0.2) is 0 Å². The van der Waals surface area contributed by atoms with Gasteiger partial charge in [0, 0.05) is 9.79 Å². The van der Waals surface area contributed by atoms with E-state index in [9.17, 15) is 0 Å². The van der Waals surface area contributed by atoms with Gasteiger partial charge in [0.25, 0.3) is 0 Å². The number of halogens is 1. The van der Waals surface area contributed by atoms with Crippen LogP contribution in [0.1, 0.15) is 18.4 Å². The second-order valence-corrected chi connectivity index (χ2v) is 5.63. The molecule has 0 unspecified atom stereocenters. The summed E-state index contributed by atoms with van der Waals surface area (Å²) in [6.45, 7) is 0.770. The Morgan fingerprint density at radius 2 is 1.94 bits per heavy atom.